The van der Waals surface area contributed by atoms with Gasteiger partial charge in [-0.2, -0.15) is 0 Å². The second kappa shape index (κ2) is 6.51. The molecule has 1 heterocycles. The molecule has 0 spiro atoms. The van der Waals surface area contributed by atoms with Gasteiger partial charge in [0, 0.05) is 6.08 Å². The minimum Gasteiger partial charge on any atom is -0.497 e. The minimum atomic E-state index is -0.422. The molecule has 6 nitrogen and oxygen atoms in total. The average molecular weight is 273 g/mol. The number of rotatable bonds is 5. The van der Waals surface area contributed by atoms with E-state index < -0.39 is 5.97 Å². The van der Waals surface area contributed by atoms with Gasteiger partial charge in [-0.05, 0) is 23.8 Å². The first-order valence-electron chi connectivity index (χ1n) is 6.00. The molecule has 0 aliphatic carbocycles. The minimum absolute atomic E-state index is 0.422. The van der Waals surface area contributed by atoms with Gasteiger partial charge in [0.05, 0.1) is 27.0 Å². The lowest BCUT2D eigenvalue weighted by atomic mass is 10.2. The maximum absolute atomic E-state index is 11.0. The molecule has 0 bridgehead atoms. The monoisotopic (exact) mass is 273 g/mol. The number of hydrogen-bond donors (Lipinski definition) is 0. The lowest BCUT2D eigenvalue weighted by Gasteiger charge is -2.02. The van der Waals surface area contributed by atoms with Crippen LogP contribution in [-0.4, -0.2) is 35.2 Å². The quantitative estimate of drug-likeness (QED) is 0.610. The number of ether oxygens (including phenoxy) is 2. The van der Waals surface area contributed by atoms with Crippen LogP contribution in [0.25, 0.3) is 6.08 Å². The third kappa shape index (κ3) is 3.68. The Morgan fingerprint density at radius 1 is 1.30 bits per heavy atom. The first-order valence-corrected chi connectivity index (χ1v) is 6.00. The molecule has 1 aromatic heterocycles. The maximum atomic E-state index is 11.0. The first kappa shape index (κ1) is 13.8. The summed E-state index contributed by atoms with van der Waals surface area (Å²) in [6, 6.07) is 7.71. The van der Waals surface area contributed by atoms with Gasteiger partial charge in [0.15, 0.2) is 0 Å². The van der Waals surface area contributed by atoms with Crippen molar-refractivity contribution < 1.29 is 14.3 Å². The largest absolute Gasteiger partial charge is 0.497 e. The third-order valence-corrected chi connectivity index (χ3v) is 2.65. The predicted octanol–water partition coefficient (Wildman–Crippen LogP) is 1.52. The van der Waals surface area contributed by atoms with Crippen LogP contribution in [0, 0.1) is 0 Å². The van der Waals surface area contributed by atoms with Crippen LogP contribution in [0.15, 0.2) is 36.5 Å². The molecule has 0 aliphatic rings. The number of carbonyl (C=O) groups is 1. The highest BCUT2D eigenvalue weighted by molar-refractivity contribution is 5.86. The van der Waals surface area contributed by atoms with E-state index in [0.29, 0.717) is 12.2 Å². The molecule has 0 atom stereocenters. The SMILES string of the molecule is COC(=O)/C=C\c1cn(Cc2ccc(OC)cc2)nn1. The summed E-state index contributed by atoms with van der Waals surface area (Å²) in [6.07, 6.45) is 4.62. The van der Waals surface area contributed by atoms with Crippen LogP contribution >= 0.6 is 0 Å². The molecule has 0 saturated carbocycles. The summed E-state index contributed by atoms with van der Waals surface area (Å²) in [7, 11) is 2.96. The van der Waals surface area contributed by atoms with Crippen LogP contribution < -0.4 is 4.74 Å². The average Bonchev–Trinajstić information content (AvgIpc) is 2.93. The van der Waals surface area contributed by atoms with E-state index in [1.165, 1.54) is 13.2 Å². The van der Waals surface area contributed by atoms with Gasteiger partial charge in [-0.15, -0.1) is 5.10 Å². The molecule has 0 amide bonds. The lowest BCUT2D eigenvalue weighted by Crippen LogP contribution is -2.00. The molecule has 1 aromatic carbocycles. The van der Waals surface area contributed by atoms with Crippen LogP contribution in [0.1, 0.15) is 11.3 Å². The van der Waals surface area contributed by atoms with Gasteiger partial charge in [0.2, 0.25) is 0 Å². The van der Waals surface area contributed by atoms with E-state index >= 15 is 0 Å². The van der Waals surface area contributed by atoms with Gasteiger partial charge in [-0.25, -0.2) is 9.48 Å². The molecule has 0 radical (unpaired) electrons. The van der Waals surface area contributed by atoms with Gasteiger partial charge < -0.3 is 9.47 Å². The summed E-state index contributed by atoms with van der Waals surface area (Å²) in [5.74, 6) is 0.392. The van der Waals surface area contributed by atoms with E-state index in [4.69, 9.17) is 4.74 Å². The summed E-state index contributed by atoms with van der Waals surface area (Å²) in [4.78, 5) is 11.0. The van der Waals surface area contributed by atoms with Crippen molar-refractivity contribution in [3.8, 4) is 5.75 Å². The normalized spacial score (nSPS) is 10.7. The van der Waals surface area contributed by atoms with Crippen molar-refractivity contribution in [1.29, 1.82) is 0 Å². The molecule has 0 unspecified atom stereocenters. The number of aromatic nitrogens is 3. The van der Waals surface area contributed by atoms with E-state index in [1.54, 1.807) is 24.1 Å². The second-order valence-corrected chi connectivity index (χ2v) is 4.05. The number of benzene rings is 1. The van der Waals surface area contributed by atoms with Crippen molar-refractivity contribution in [2.24, 2.45) is 0 Å². The van der Waals surface area contributed by atoms with E-state index in [2.05, 4.69) is 15.0 Å². The van der Waals surface area contributed by atoms with Crippen LogP contribution in [0.5, 0.6) is 5.75 Å². The molecule has 2 aromatic rings. The molecule has 104 valence electrons. The predicted molar refractivity (Wildman–Crippen MR) is 73.2 cm³/mol. The van der Waals surface area contributed by atoms with Gasteiger partial charge in [0.1, 0.15) is 11.4 Å². The number of carbonyl (C=O) groups excluding carboxylic acids is 1. The fraction of sp³-hybridized carbons (Fsp3) is 0.214. The zero-order chi connectivity index (χ0) is 14.4. The maximum Gasteiger partial charge on any atom is 0.330 e. The van der Waals surface area contributed by atoms with Crippen molar-refractivity contribution in [2.75, 3.05) is 14.2 Å². The van der Waals surface area contributed by atoms with Crippen LogP contribution in [0.4, 0.5) is 0 Å². The Kier molecular flexibility index (Phi) is 4.49. The third-order valence-electron chi connectivity index (χ3n) is 2.65. The molecule has 2 rings (SSSR count). The Labute approximate surface area is 116 Å². The zero-order valence-corrected chi connectivity index (χ0v) is 11.3. The van der Waals surface area contributed by atoms with Crippen molar-refractivity contribution in [2.45, 2.75) is 6.54 Å². The van der Waals surface area contributed by atoms with Gasteiger partial charge in [-0.3, -0.25) is 0 Å². The zero-order valence-electron chi connectivity index (χ0n) is 11.3. The molecule has 20 heavy (non-hydrogen) atoms. The van der Waals surface area contributed by atoms with E-state index in [-0.39, 0.29) is 0 Å². The van der Waals surface area contributed by atoms with E-state index in [1.807, 2.05) is 24.3 Å². The Bertz CT molecular complexity index is 602. The van der Waals surface area contributed by atoms with Crippen LogP contribution in [-0.2, 0) is 16.1 Å². The fourth-order valence-corrected chi connectivity index (χ4v) is 1.61. The standard InChI is InChI=1S/C14H15N3O3/c1-19-13-6-3-11(4-7-13)9-17-10-12(15-16-17)5-8-14(18)20-2/h3-8,10H,9H2,1-2H3/b8-5-. The highest BCUT2D eigenvalue weighted by Crippen LogP contribution is 2.12. The molecule has 0 saturated heterocycles. The van der Waals surface area contributed by atoms with Gasteiger partial charge >= 0.3 is 5.97 Å². The molecule has 0 fully saturated rings. The molecule has 0 N–H and O–H groups in total. The summed E-state index contributed by atoms with van der Waals surface area (Å²) in [6.45, 7) is 0.600. The van der Waals surface area contributed by atoms with E-state index in [0.717, 1.165) is 11.3 Å². The highest BCUT2D eigenvalue weighted by atomic mass is 16.5. The fourth-order valence-electron chi connectivity index (χ4n) is 1.61. The summed E-state index contributed by atoms with van der Waals surface area (Å²) >= 11 is 0. The summed E-state index contributed by atoms with van der Waals surface area (Å²) in [5, 5.41) is 7.94. The molecule has 6 heteroatoms. The second-order valence-electron chi connectivity index (χ2n) is 4.05. The number of esters is 1. The Morgan fingerprint density at radius 2 is 2.05 bits per heavy atom. The Morgan fingerprint density at radius 3 is 2.70 bits per heavy atom. The van der Waals surface area contributed by atoms with Gasteiger partial charge in [0.25, 0.3) is 0 Å². The smallest absolute Gasteiger partial charge is 0.330 e. The van der Waals surface area contributed by atoms with Crippen molar-refractivity contribution >= 4 is 12.0 Å². The molecular weight excluding hydrogens is 258 g/mol. The highest BCUT2D eigenvalue weighted by Gasteiger charge is 2.01. The number of hydrogen-bond acceptors (Lipinski definition) is 5. The lowest BCUT2D eigenvalue weighted by molar-refractivity contribution is -0.134. The van der Waals surface area contributed by atoms with Crippen LogP contribution in [0.3, 0.4) is 0 Å². The number of methoxy groups -OCH3 is 2. The summed E-state index contributed by atoms with van der Waals surface area (Å²) in [5.41, 5.74) is 1.68. The topological polar surface area (TPSA) is 66.2 Å². The summed E-state index contributed by atoms with van der Waals surface area (Å²) < 4.78 is 11.3. The molecular formula is C14H15N3O3. The first-order chi connectivity index (χ1) is 9.71. The molecule has 0 aliphatic heterocycles. The van der Waals surface area contributed by atoms with E-state index in [9.17, 15) is 4.79 Å². The van der Waals surface area contributed by atoms with Crippen molar-refractivity contribution in [3.05, 3.63) is 47.8 Å². The Hall–Kier alpha value is -2.63. The van der Waals surface area contributed by atoms with Crippen molar-refractivity contribution in [1.82, 2.24) is 15.0 Å². The number of nitrogens with zero attached hydrogens (tertiary/aromatic N) is 3. The Balaban J connectivity index is 2.01. The van der Waals surface area contributed by atoms with Crippen molar-refractivity contribution in [3.63, 3.8) is 0 Å². The van der Waals surface area contributed by atoms with Gasteiger partial charge in [-0.1, -0.05) is 17.3 Å². The van der Waals surface area contributed by atoms with Crippen LogP contribution in [0.2, 0.25) is 0 Å².